The van der Waals surface area contributed by atoms with Gasteiger partial charge in [-0.2, -0.15) is 0 Å². The topological polar surface area (TPSA) is 51.5 Å². The number of nitrogens with zero attached hydrogens (tertiary/aromatic N) is 3. The van der Waals surface area contributed by atoms with Crippen molar-refractivity contribution in [2.75, 3.05) is 6.61 Å². The summed E-state index contributed by atoms with van der Waals surface area (Å²) in [6, 6.07) is 6.68. The van der Waals surface area contributed by atoms with Crippen LogP contribution in [0.25, 0.3) is 5.65 Å². The fraction of sp³-hybridized carbons (Fsp3) is 0.571. The van der Waals surface area contributed by atoms with Crippen LogP contribution in [-0.2, 0) is 4.74 Å². The molecule has 19 heavy (non-hydrogen) atoms. The zero-order chi connectivity index (χ0) is 13.2. The van der Waals surface area contributed by atoms with Gasteiger partial charge in [0.2, 0.25) is 0 Å². The molecule has 0 saturated heterocycles. The standard InChI is InChI=1S/C14H20N4O/c1-3-19-12-8-11(9-12)15-10(2)14-17-16-13-6-4-5-7-18(13)14/h4-7,10-12,15H,3,8-9H2,1-2H3. The molecule has 1 saturated carbocycles. The van der Waals surface area contributed by atoms with Gasteiger partial charge in [0.05, 0.1) is 12.1 Å². The Morgan fingerprint density at radius 2 is 2.26 bits per heavy atom. The molecule has 2 aromatic heterocycles. The molecular formula is C14H20N4O. The molecule has 0 radical (unpaired) electrons. The van der Waals surface area contributed by atoms with E-state index in [1.165, 1.54) is 0 Å². The number of fused-ring (bicyclic) bond motifs is 1. The van der Waals surface area contributed by atoms with Crippen LogP contribution in [0.2, 0.25) is 0 Å². The number of hydrogen-bond donors (Lipinski definition) is 1. The molecule has 5 nitrogen and oxygen atoms in total. The first-order valence-corrected chi connectivity index (χ1v) is 6.95. The van der Waals surface area contributed by atoms with Crippen molar-refractivity contribution >= 4 is 5.65 Å². The molecule has 0 bridgehead atoms. The molecule has 102 valence electrons. The molecule has 0 aromatic carbocycles. The van der Waals surface area contributed by atoms with Gasteiger partial charge in [-0.05, 0) is 38.8 Å². The van der Waals surface area contributed by atoms with Crippen molar-refractivity contribution in [3.63, 3.8) is 0 Å². The minimum atomic E-state index is 0.199. The average Bonchev–Trinajstić information content (AvgIpc) is 2.80. The van der Waals surface area contributed by atoms with Gasteiger partial charge in [-0.3, -0.25) is 4.40 Å². The van der Waals surface area contributed by atoms with Crippen molar-refractivity contribution in [3.05, 3.63) is 30.2 Å². The van der Waals surface area contributed by atoms with Crippen LogP contribution in [0.3, 0.4) is 0 Å². The first-order valence-electron chi connectivity index (χ1n) is 6.95. The zero-order valence-electron chi connectivity index (χ0n) is 11.4. The summed E-state index contributed by atoms with van der Waals surface area (Å²) in [5.41, 5.74) is 0.895. The van der Waals surface area contributed by atoms with E-state index < -0.39 is 0 Å². The number of ether oxygens (including phenoxy) is 1. The predicted molar refractivity (Wildman–Crippen MR) is 73.0 cm³/mol. The van der Waals surface area contributed by atoms with Crippen molar-refractivity contribution in [1.29, 1.82) is 0 Å². The van der Waals surface area contributed by atoms with Gasteiger partial charge >= 0.3 is 0 Å². The van der Waals surface area contributed by atoms with Gasteiger partial charge in [0.1, 0.15) is 0 Å². The van der Waals surface area contributed by atoms with E-state index >= 15 is 0 Å². The van der Waals surface area contributed by atoms with Gasteiger partial charge < -0.3 is 10.1 Å². The van der Waals surface area contributed by atoms with Gasteiger partial charge in [0.25, 0.3) is 0 Å². The van der Waals surface area contributed by atoms with E-state index in [2.05, 4.69) is 22.4 Å². The fourth-order valence-corrected chi connectivity index (χ4v) is 2.66. The molecule has 1 fully saturated rings. The Kier molecular flexibility index (Phi) is 3.48. The Morgan fingerprint density at radius 3 is 3.05 bits per heavy atom. The van der Waals surface area contributed by atoms with Crippen LogP contribution < -0.4 is 5.32 Å². The third kappa shape index (κ3) is 2.48. The summed E-state index contributed by atoms with van der Waals surface area (Å²) in [6.07, 6.45) is 4.63. The van der Waals surface area contributed by atoms with Crippen LogP contribution in [0, 0.1) is 0 Å². The lowest BCUT2D eigenvalue weighted by Crippen LogP contribution is -2.46. The smallest absolute Gasteiger partial charge is 0.160 e. The normalized spacial score (nSPS) is 24.3. The molecule has 0 aliphatic heterocycles. The lowest BCUT2D eigenvalue weighted by atomic mass is 9.88. The number of rotatable bonds is 5. The van der Waals surface area contributed by atoms with E-state index in [0.717, 1.165) is 30.9 Å². The van der Waals surface area contributed by atoms with E-state index in [4.69, 9.17) is 4.74 Å². The van der Waals surface area contributed by atoms with Crippen LogP contribution in [0.15, 0.2) is 24.4 Å². The highest BCUT2D eigenvalue weighted by Crippen LogP contribution is 2.25. The summed E-state index contributed by atoms with van der Waals surface area (Å²) >= 11 is 0. The molecule has 1 aliphatic rings. The summed E-state index contributed by atoms with van der Waals surface area (Å²) in [7, 11) is 0. The maximum absolute atomic E-state index is 5.58. The van der Waals surface area contributed by atoms with Crippen LogP contribution in [-0.4, -0.2) is 33.4 Å². The second kappa shape index (κ2) is 5.27. The quantitative estimate of drug-likeness (QED) is 0.892. The molecule has 1 N–H and O–H groups in total. The third-order valence-corrected chi connectivity index (χ3v) is 3.71. The fourth-order valence-electron chi connectivity index (χ4n) is 2.66. The number of nitrogens with one attached hydrogen (secondary N) is 1. The largest absolute Gasteiger partial charge is 0.378 e. The average molecular weight is 260 g/mol. The summed E-state index contributed by atoms with van der Waals surface area (Å²) in [5, 5.41) is 12.1. The minimum Gasteiger partial charge on any atom is -0.378 e. The zero-order valence-corrected chi connectivity index (χ0v) is 11.4. The molecule has 0 amide bonds. The molecule has 1 aliphatic carbocycles. The summed E-state index contributed by atoms with van der Waals surface area (Å²) in [5.74, 6) is 0.968. The summed E-state index contributed by atoms with van der Waals surface area (Å²) in [6.45, 7) is 4.99. The number of pyridine rings is 1. The Hall–Kier alpha value is -1.46. The van der Waals surface area contributed by atoms with Gasteiger partial charge in [-0.1, -0.05) is 6.07 Å². The van der Waals surface area contributed by atoms with Gasteiger partial charge in [-0.15, -0.1) is 10.2 Å². The van der Waals surface area contributed by atoms with Gasteiger partial charge in [0.15, 0.2) is 11.5 Å². The highest BCUT2D eigenvalue weighted by Gasteiger charge is 2.31. The molecule has 3 rings (SSSR count). The Morgan fingerprint density at radius 1 is 1.42 bits per heavy atom. The first kappa shape index (κ1) is 12.6. The van der Waals surface area contributed by atoms with E-state index in [0.29, 0.717) is 12.1 Å². The molecule has 0 spiro atoms. The van der Waals surface area contributed by atoms with Crippen LogP contribution >= 0.6 is 0 Å². The Bertz CT molecular complexity index is 547. The molecular weight excluding hydrogens is 240 g/mol. The summed E-state index contributed by atoms with van der Waals surface area (Å²) < 4.78 is 7.62. The van der Waals surface area contributed by atoms with Crippen molar-refractivity contribution < 1.29 is 4.74 Å². The van der Waals surface area contributed by atoms with Crippen LogP contribution in [0.5, 0.6) is 0 Å². The monoisotopic (exact) mass is 260 g/mol. The lowest BCUT2D eigenvalue weighted by molar-refractivity contribution is -0.0122. The van der Waals surface area contributed by atoms with Gasteiger partial charge in [0, 0.05) is 18.8 Å². The number of hydrogen-bond acceptors (Lipinski definition) is 4. The van der Waals surface area contributed by atoms with Crippen molar-refractivity contribution in [1.82, 2.24) is 19.9 Å². The minimum absolute atomic E-state index is 0.199. The SMILES string of the molecule is CCOC1CC(NC(C)c2nnc3ccccn23)C1. The third-order valence-electron chi connectivity index (χ3n) is 3.71. The van der Waals surface area contributed by atoms with Crippen LogP contribution in [0.4, 0.5) is 0 Å². The molecule has 2 heterocycles. The molecule has 1 unspecified atom stereocenters. The first-order chi connectivity index (χ1) is 9.28. The van der Waals surface area contributed by atoms with E-state index in [1.807, 2.05) is 35.7 Å². The van der Waals surface area contributed by atoms with E-state index in [9.17, 15) is 0 Å². The van der Waals surface area contributed by atoms with Crippen molar-refractivity contribution in [2.45, 2.75) is 44.9 Å². The van der Waals surface area contributed by atoms with E-state index in [-0.39, 0.29) is 6.04 Å². The number of aromatic nitrogens is 3. The Balaban J connectivity index is 1.63. The molecule has 5 heteroatoms. The summed E-state index contributed by atoms with van der Waals surface area (Å²) in [4.78, 5) is 0. The Labute approximate surface area is 113 Å². The predicted octanol–water partition coefficient (Wildman–Crippen LogP) is 1.95. The van der Waals surface area contributed by atoms with Crippen molar-refractivity contribution in [2.24, 2.45) is 0 Å². The van der Waals surface area contributed by atoms with E-state index in [1.54, 1.807) is 0 Å². The van der Waals surface area contributed by atoms with Gasteiger partial charge in [-0.25, -0.2) is 0 Å². The van der Waals surface area contributed by atoms with Crippen LogP contribution in [0.1, 0.15) is 38.6 Å². The molecule has 1 atom stereocenters. The maximum Gasteiger partial charge on any atom is 0.160 e. The second-order valence-corrected chi connectivity index (χ2v) is 5.12. The van der Waals surface area contributed by atoms with Crippen molar-refractivity contribution in [3.8, 4) is 0 Å². The highest BCUT2D eigenvalue weighted by atomic mass is 16.5. The second-order valence-electron chi connectivity index (χ2n) is 5.12. The molecule has 2 aromatic rings. The maximum atomic E-state index is 5.58. The lowest BCUT2D eigenvalue weighted by Gasteiger charge is -2.37. The highest BCUT2D eigenvalue weighted by molar-refractivity contribution is 5.37.